The lowest BCUT2D eigenvalue weighted by molar-refractivity contribution is 0.0697. The van der Waals surface area contributed by atoms with E-state index < -0.39 is 16.0 Å². The van der Waals surface area contributed by atoms with Gasteiger partial charge < -0.3 is 10.1 Å². The van der Waals surface area contributed by atoms with Crippen LogP contribution in [0.2, 0.25) is 0 Å². The quantitative estimate of drug-likeness (QED) is 0.843. The van der Waals surface area contributed by atoms with Crippen molar-refractivity contribution in [2.45, 2.75) is 6.92 Å². The summed E-state index contributed by atoms with van der Waals surface area (Å²) in [6.45, 7) is 5.13. The molecule has 1 heterocycles. The van der Waals surface area contributed by atoms with Gasteiger partial charge in [0, 0.05) is 33.5 Å². The van der Waals surface area contributed by atoms with Crippen molar-refractivity contribution in [3.05, 3.63) is 40.4 Å². The van der Waals surface area contributed by atoms with Gasteiger partial charge in [-0.25, -0.2) is 13.2 Å². The average molecular weight is 373 g/mol. The van der Waals surface area contributed by atoms with E-state index in [9.17, 15) is 18.3 Å². The number of carboxylic acids is 1. The van der Waals surface area contributed by atoms with E-state index in [1.165, 1.54) is 12.1 Å². The molecule has 0 spiro atoms. The van der Waals surface area contributed by atoms with Crippen LogP contribution in [0.3, 0.4) is 0 Å². The summed E-state index contributed by atoms with van der Waals surface area (Å²) in [6.07, 6.45) is 1.63. The van der Waals surface area contributed by atoms with Gasteiger partial charge in [0.1, 0.15) is 0 Å². The number of aromatic nitrogens is 1. The Bertz CT molecular complexity index is 826. The highest BCUT2D eigenvalue weighted by Gasteiger charge is 2.23. The second kappa shape index (κ2) is 5.53. The van der Waals surface area contributed by atoms with E-state index in [0.29, 0.717) is 21.1 Å². The number of halogens is 1. The van der Waals surface area contributed by atoms with Crippen LogP contribution in [0.15, 0.2) is 34.8 Å². The van der Waals surface area contributed by atoms with Crippen molar-refractivity contribution in [3.8, 4) is 0 Å². The topological polar surface area (TPSA) is 90.5 Å². The maximum Gasteiger partial charge on any atom is 0.335 e. The number of rotatable bonds is 5. The number of aromatic carboxylic acids is 1. The van der Waals surface area contributed by atoms with Gasteiger partial charge in [0.15, 0.2) is 0 Å². The number of H-pyrrole nitrogens is 1. The molecule has 0 atom stereocenters. The second-order valence-corrected chi connectivity index (χ2v) is 6.89. The van der Waals surface area contributed by atoms with Crippen LogP contribution < -0.4 is 4.31 Å². The van der Waals surface area contributed by atoms with Crippen LogP contribution >= 0.6 is 15.9 Å². The maximum absolute atomic E-state index is 12.1. The monoisotopic (exact) mass is 372 g/mol. The first kappa shape index (κ1) is 15.6. The normalized spacial score (nSPS) is 11.5. The van der Waals surface area contributed by atoms with Gasteiger partial charge in [-0.3, -0.25) is 4.31 Å². The predicted octanol–water partition coefficient (Wildman–Crippen LogP) is 2.93. The number of hydrogen-bond acceptors (Lipinski definition) is 3. The maximum atomic E-state index is 12.1. The molecule has 0 aliphatic rings. The van der Waals surface area contributed by atoms with Gasteiger partial charge in [-0.1, -0.05) is 6.58 Å². The Morgan fingerprint density at radius 1 is 1.52 bits per heavy atom. The molecule has 0 saturated heterocycles. The highest BCUT2D eigenvalue weighted by molar-refractivity contribution is 9.10. The number of anilines is 1. The number of benzene rings is 1. The number of aromatic amines is 1. The van der Waals surface area contributed by atoms with Gasteiger partial charge in [0.2, 0.25) is 0 Å². The molecule has 0 amide bonds. The Hall–Kier alpha value is -1.80. The lowest BCUT2D eigenvalue weighted by Gasteiger charge is -2.22. The smallest absolute Gasteiger partial charge is 0.335 e. The van der Waals surface area contributed by atoms with Gasteiger partial charge in [0.05, 0.1) is 11.3 Å². The zero-order valence-corrected chi connectivity index (χ0v) is 13.5. The SMILES string of the molecule is C=CS(=O)(=O)N(CC)c1cc(C(=O)O)cc2[nH]cc(Br)c12. The van der Waals surface area contributed by atoms with Crippen LogP contribution in [0.5, 0.6) is 0 Å². The summed E-state index contributed by atoms with van der Waals surface area (Å²) in [5, 5.41) is 10.6. The van der Waals surface area contributed by atoms with Crippen molar-refractivity contribution in [1.29, 1.82) is 0 Å². The molecule has 2 N–H and O–H groups in total. The van der Waals surface area contributed by atoms with Gasteiger partial charge in [-0.2, -0.15) is 0 Å². The number of carbonyl (C=O) groups is 1. The van der Waals surface area contributed by atoms with E-state index in [1.54, 1.807) is 13.1 Å². The third-order valence-electron chi connectivity index (χ3n) is 3.03. The first-order chi connectivity index (χ1) is 9.81. The van der Waals surface area contributed by atoms with E-state index in [0.717, 1.165) is 9.71 Å². The van der Waals surface area contributed by atoms with Crippen LogP contribution in [-0.4, -0.2) is 31.0 Å². The van der Waals surface area contributed by atoms with Crippen molar-refractivity contribution < 1.29 is 18.3 Å². The summed E-state index contributed by atoms with van der Waals surface area (Å²) in [5.41, 5.74) is 0.833. The standard InChI is InChI=1S/C13H13BrN2O4S/c1-3-16(21(19,20)4-2)11-6-8(13(17)18)5-10-12(11)9(14)7-15-10/h4-7,15H,2-3H2,1H3,(H,17,18). The molecule has 0 unspecified atom stereocenters. The second-order valence-electron chi connectivity index (χ2n) is 4.24. The molecular weight excluding hydrogens is 360 g/mol. The Kier molecular flexibility index (Phi) is 4.11. The average Bonchev–Trinajstić information content (AvgIpc) is 2.81. The fraction of sp³-hybridized carbons (Fsp3) is 0.154. The minimum atomic E-state index is -3.72. The summed E-state index contributed by atoms with van der Waals surface area (Å²) >= 11 is 3.34. The van der Waals surface area contributed by atoms with Crippen LogP contribution in [0.1, 0.15) is 17.3 Å². The molecule has 0 saturated carbocycles. The van der Waals surface area contributed by atoms with Gasteiger partial charge in [0.25, 0.3) is 10.0 Å². The Balaban J connectivity index is 2.85. The molecular formula is C13H13BrN2O4S. The molecule has 0 aliphatic heterocycles. The number of fused-ring (bicyclic) bond motifs is 1. The number of nitrogens with one attached hydrogen (secondary N) is 1. The molecule has 2 rings (SSSR count). The fourth-order valence-electron chi connectivity index (χ4n) is 2.10. The van der Waals surface area contributed by atoms with E-state index >= 15 is 0 Å². The third kappa shape index (κ3) is 2.68. The number of carboxylic acid groups (broad SMARTS) is 1. The van der Waals surface area contributed by atoms with E-state index in [1.807, 2.05) is 0 Å². The minimum absolute atomic E-state index is 0.00422. The van der Waals surface area contributed by atoms with E-state index in [2.05, 4.69) is 27.5 Å². The highest BCUT2D eigenvalue weighted by Crippen LogP contribution is 2.35. The molecule has 2 aromatic rings. The van der Waals surface area contributed by atoms with Crippen LogP contribution in [-0.2, 0) is 10.0 Å². The Labute approximate surface area is 130 Å². The molecule has 8 heteroatoms. The first-order valence-electron chi connectivity index (χ1n) is 6.01. The summed E-state index contributed by atoms with van der Waals surface area (Å²) in [5.74, 6) is -1.13. The Morgan fingerprint density at radius 2 is 2.19 bits per heavy atom. The number of sulfonamides is 1. The largest absolute Gasteiger partial charge is 0.478 e. The first-order valence-corrected chi connectivity index (χ1v) is 8.30. The van der Waals surface area contributed by atoms with E-state index in [-0.39, 0.29) is 12.1 Å². The van der Waals surface area contributed by atoms with Gasteiger partial charge in [-0.15, -0.1) is 0 Å². The third-order valence-corrected chi connectivity index (χ3v) is 5.15. The molecule has 0 bridgehead atoms. The zero-order valence-electron chi connectivity index (χ0n) is 11.1. The van der Waals surface area contributed by atoms with Crippen molar-refractivity contribution in [1.82, 2.24) is 4.98 Å². The molecule has 6 nitrogen and oxygen atoms in total. The van der Waals surface area contributed by atoms with E-state index in [4.69, 9.17) is 0 Å². The predicted molar refractivity (Wildman–Crippen MR) is 85.1 cm³/mol. The molecule has 21 heavy (non-hydrogen) atoms. The lowest BCUT2D eigenvalue weighted by Crippen LogP contribution is -2.29. The van der Waals surface area contributed by atoms with Gasteiger partial charge in [-0.05, 0) is 35.0 Å². The van der Waals surface area contributed by atoms with Crippen molar-refractivity contribution in [3.63, 3.8) is 0 Å². The minimum Gasteiger partial charge on any atom is -0.478 e. The molecule has 0 radical (unpaired) electrons. The summed E-state index contributed by atoms with van der Waals surface area (Å²) < 4.78 is 26.0. The molecule has 0 fully saturated rings. The number of nitrogens with zero attached hydrogens (tertiary/aromatic N) is 1. The fourth-order valence-corrected chi connectivity index (χ4v) is 3.59. The van der Waals surface area contributed by atoms with Gasteiger partial charge >= 0.3 is 5.97 Å². The zero-order chi connectivity index (χ0) is 15.8. The highest BCUT2D eigenvalue weighted by atomic mass is 79.9. The van der Waals surface area contributed by atoms with Crippen LogP contribution in [0, 0.1) is 0 Å². The van der Waals surface area contributed by atoms with Crippen molar-refractivity contribution >= 4 is 48.5 Å². The van der Waals surface area contributed by atoms with Crippen LogP contribution in [0.25, 0.3) is 10.9 Å². The van der Waals surface area contributed by atoms with Crippen molar-refractivity contribution in [2.75, 3.05) is 10.8 Å². The van der Waals surface area contributed by atoms with Crippen molar-refractivity contribution in [2.24, 2.45) is 0 Å². The summed E-state index contributed by atoms with van der Waals surface area (Å²) in [4.78, 5) is 14.1. The summed E-state index contributed by atoms with van der Waals surface area (Å²) in [7, 11) is -3.72. The van der Waals surface area contributed by atoms with Crippen LogP contribution in [0.4, 0.5) is 5.69 Å². The molecule has 112 valence electrons. The molecule has 0 aliphatic carbocycles. The molecule has 1 aromatic carbocycles. The summed E-state index contributed by atoms with van der Waals surface area (Å²) in [6, 6.07) is 2.80. The molecule has 1 aromatic heterocycles. The lowest BCUT2D eigenvalue weighted by atomic mass is 10.1. The Morgan fingerprint density at radius 3 is 2.71 bits per heavy atom. The number of hydrogen-bond donors (Lipinski definition) is 2.